The third-order valence-corrected chi connectivity index (χ3v) is 3.38. The third kappa shape index (κ3) is 4.26. The second-order valence-electron chi connectivity index (χ2n) is 4.12. The first-order valence-corrected chi connectivity index (χ1v) is 7.02. The van der Waals surface area contributed by atoms with Crippen molar-refractivity contribution >= 4 is 38.9 Å². The number of hydrazine groups is 1. The highest BCUT2D eigenvalue weighted by molar-refractivity contribution is 9.10. The lowest BCUT2D eigenvalue weighted by atomic mass is 10.2. The molecule has 0 bridgehead atoms. The second kappa shape index (κ2) is 6.33. The van der Waals surface area contributed by atoms with Crippen molar-refractivity contribution in [1.29, 1.82) is 0 Å². The number of halogens is 1. The number of benzene rings is 1. The van der Waals surface area contributed by atoms with Crippen LogP contribution in [0.15, 0.2) is 28.7 Å². The van der Waals surface area contributed by atoms with Gasteiger partial charge in [0.2, 0.25) is 0 Å². The predicted octanol–water partition coefficient (Wildman–Crippen LogP) is 3.14. The zero-order valence-electron chi connectivity index (χ0n) is 9.58. The van der Waals surface area contributed by atoms with Crippen LogP contribution in [0.2, 0.25) is 0 Å². The van der Waals surface area contributed by atoms with Gasteiger partial charge in [-0.15, -0.1) is 0 Å². The van der Waals surface area contributed by atoms with E-state index in [2.05, 4.69) is 31.7 Å². The molecule has 17 heavy (non-hydrogen) atoms. The van der Waals surface area contributed by atoms with Crippen LogP contribution in [0.5, 0.6) is 0 Å². The standard InChI is InChI=1S/C12H16BrN3S/c13-10-5-4-6-11(9-10)14-12(17)15-16-7-2-1-3-8-16/h4-6,9H,1-3,7-8H2,(H2,14,15,17). The maximum atomic E-state index is 5.28. The summed E-state index contributed by atoms with van der Waals surface area (Å²) < 4.78 is 1.04. The van der Waals surface area contributed by atoms with Gasteiger partial charge in [0.1, 0.15) is 0 Å². The van der Waals surface area contributed by atoms with Gasteiger partial charge in [-0.2, -0.15) is 0 Å². The van der Waals surface area contributed by atoms with Crippen LogP contribution >= 0.6 is 28.1 Å². The summed E-state index contributed by atoms with van der Waals surface area (Å²) in [5.74, 6) is 0. The Bertz CT molecular complexity index is 391. The molecule has 2 rings (SSSR count). The van der Waals surface area contributed by atoms with Crippen molar-refractivity contribution in [2.75, 3.05) is 18.4 Å². The minimum absolute atomic E-state index is 0.657. The van der Waals surface area contributed by atoms with E-state index >= 15 is 0 Å². The highest BCUT2D eigenvalue weighted by atomic mass is 79.9. The molecule has 5 heteroatoms. The second-order valence-corrected chi connectivity index (χ2v) is 5.45. The molecule has 3 nitrogen and oxygen atoms in total. The Morgan fingerprint density at radius 2 is 2.00 bits per heavy atom. The molecule has 1 fully saturated rings. The summed E-state index contributed by atoms with van der Waals surface area (Å²) >= 11 is 8.72. The molecule has 0 unspecified atom stereocenters. The minimum atomic E-state index is 0.657. The van der Waals surface area contributed by atoms with Gasteiger partial charge in [0, 0.05) is 23.2 Å². The Hall–Kier alpha value is -0.650. The smallest absolute Gasteiger partial charge is 0.185 e. The molecule has 1 aliphatic rings. The van der Waals surface area contributed by atoms with Crippen molar-refractivity contribution in [3.05, 3.63) is 28.7 Å². The summed E-state index contributed by atoms with van der Waals surface area (Å²) in [6, 6.07) is 7.97. The van der Waals surface area contributed by atoms with Crippen molar-refractivity contribution in [3.8, 4) is 0 Å². The van der Waals surface area contributed by atoms with Gasteiger partial charge in [-0.1, -0.05) is 28.4 Å². The molecular formula is C12H16BrN3S. The molecule has 92 valence electrons. The summed E-state index contributed by atoms with van der Waals surface area (Å²) in [5.41, 5.74) is 4.22. The predicted molar refractivity (Wildman–Crippen MR) is 78.9 cm³/mol. The van der Waals surface area contributed by atoms with Crippen LogP contribution in [0, 0.1) is 0 Å². The fourth-order valence-corrected chi connectivity index (χ4v) is 2.52. The van der Waals surface area contributed by atoms with Crippen LogP contribution in [0.4, 0.5) is 5.69 Å². The largest absolute Gasteiger partial charge is 0.332 e. The normalized spacial score (nSPS) is 16.5. The molecule has 0 spiro atoms. The molecule has 0 aliphatic carbocycles. The van der Waals surface area contributed by atoms with E-state index in [9.17, 15) is 0 Å². The van der Waals surface area contributed by atoms with Crippen molar-refractivity contribution in [1.82, 2.24) is 10.4 Å². The van der Waals surface area contributed by atoms with E-state index in [1.54, 1.807) is 0 Å². The van der Waals surface area contributed by atoms with Gasteiger partial charge >= 0.3 is 0 Å². The average molecular weight is 314 g/mol. The lowest BCUT2D eigenvalue weighted by molar-refractivity contribution is 0.196. The monoisotopic (exact) mass is 313 g/mol. The highest BCUT2D eigenvalue weighted by Gasteiger charge is 2.10. The maximum absolute atomic E-state index is 5.28. The fraction of sp³-hybridized carbons (Fsp3) is 0.417. The maximum Gasteiger partial charge on any atom is 0.185 e. The number of rotatable bonds is 2. The molecule has 1 aliphatic heterocycles. The molecule has 1 aromatic carbocycles. The summed E-state index contributed by atoms with van der Waals surface area (Å²) in [7, 11) is 0. The Morgan fingerprint density at radius 1 is 1.24 bits per heavy atom. The Labute approximate surface area is 116 Å². The molecular weight excluding hydrogens is 298 g/mol. The van der Waals surface area contributed by atoms with Gasteiger partial charge in [-0.05, 0) is 43.3 Å². The van der Waals surface area contributed by atoms with Crippen molar-refractivity contribution in [2.24, 2.45) is 0 Å². The van der Waals surface area contributed by atoms with E-state index in [4.69, 9.17) is 12.2 Å². The van der Waals surface area contributed by atoms with E-state index in [0.717, 1.165) is 23.2 Å². The first-order valence-electron chi connectivity index (χ1n) is 5.82. The van der Waals surface area contributed by atoms with Crippen LogP contribution < -0.4 is 10.7 Å². The number of piperidine rings is 1. The fourth-order valence-electron chi connectivity index (χ4n) is 1.87. The van der Waals surface area contributed by atoms with Gasteiger partial charge in [-0.25, -0.2) is 5.01 Å². The van der Waals surface area contributed by atoms with Crippen LogP contribution in [0.3, 0.4) is 0 Å². The summed E-state index contributed by atoms with van der Waals surface area (Å²) in [5, 5.41) is 6.01. The van der Waals surface area contributed by atoms with Crippen molar-refractivity contribution in [3.63, 3.8) is 0 Å². The molecule has 1 saturated heterocycles. The van der Waals surface area contributed by atoms with Gasteiger partial charge < -0.3 is 5.32 Å². The van der Waals surface area contributed by atoms with Crippen LogP contribution in [-0.4, -0.2) is 23.2 Å². The number of hydrogen-bond donors (Lipinski definition) is 2. The van der Waals surface area contributed by atoms with Gasteiger partial charge in [0.15, 0.2) is 5.11 Å². The molecule has 0 radical (unpaired) electrons. The Morgan fingerprint density at radius 3 is 2.71 bits per heavy atom. The number of thiocarbonyl (C=S) groups is 1. The Balaban J connectivity index is 1.84. The van der Waals surface area contributed by atoms with Gasteiger partial charge in [0.25, 0.3) is 0 Å². The lowest BCUT2D eigenvalue weighted by Gasteiger charge is -2.28. The van der Waals surface area contributed by atoms with E-state index < -0.39 is 0 Å². The lowest BCUT2D eigenvalue weighted by Crippen LogP contribution is -2.46. The SMILES string of the molecule is S=C(Nc1cccc(Br)c1)NN1CCCCC1. The number of nitrogens with one attached hydrogen (secondary N) is 2. The Kier molecular flexibility index (Phi) is 4.76. The summed E-state index contributed by atoms with van der Waals surface area (Å²) in [6.45, 7) is 2.14. The molecule has 1 heterocycles. The number of hydrogen-bond acceptors (Lipinski definition) is 2. The molecule has 0 amide bonds. The zero-order valence-corrected chi connectivity index (χ0v) is 12.0. The highest BCUT2D eigenvalue weighted by Crippen LogP contribution is 2.15. The third-order valence-electron chi connectivity index (χ3n) is 2.70. The quantitative estimate of drug-likeness (QED) is 0.820. The van der Waals surface area contributed by atoms with Crippen molar-refractivity contribution < 1.29 is 0 Å². The van der Waals surface area contributed by atoms with E-state index in [0.29, 0.717) is 5.11 Å². The summed E-state index contributed by atoms with van der Waals surface area (Å²) in [4.78, 5) is 0. The summed E-state index contributed by atoms with van der Waals surface area (Å²) in [6.07, 6.45) is 3.81. The molecule has 0 atom stereocenters. The number of anilines is 1. The van der Waals surface area contributed by atoms with E-state index in [1.165, 1.54) is 19.3 Å². The van der Waals surface area contributed by atoms with Crippen molar-refractivity contribution in [2.45, 2.75) is 19.3 Å². The van der Waals surface area contributed by atoms with Gasteiger partial charge in [0.05, 0.1) is 0 Å². The average Bonchev–Trinajstić information content (AvgIpc) is 2.30. The molecule has 0 saturated carbocycles. The zero-order chi connectivity index (χ0) is 12.1. The minimum Gasteiger partial charge on any atom is -0.332 e. The van der Waals surface area contributed by atoms with Gasteiger partial charge in [-0.3, -0.25) is 5.43 Å². The van der Waals surface area contributed by atoms with Crippen LogP contribution in [0.25, 0.3) is 0 Å². The van der Waals surface area contributed by atoms with Crippen LogP contribution in [0.1, 0.15) is 19.3 Å². The van der Waals surface area contributed by atoms with E-state index in [1.807, 2.05) is 24.3 Å². The first kappa shape index (κ1) is 12.8. The molecule has 1 aromatic rings. The topological polar surface area (TPSA) is 27.3 Å². The molecule has 0 aromatic heterocycles. The first-order chi connectivity index (χ1) is 8.24. The van der Waals surface area contributed by atoms with Crippen LogP contribution in [-0.2, 0) is 0 Å². The number of nitrogens with zero attached hydrogens (tertiary/aromatic N) is 1. The molecule has 2 N–H and O–H groups in total. The van der Waals surface area contributed by atoms with E-state index in [-0.39, 0.29) is 0 Å².